The predicted octanol–water partition coefficient (Wildman–Crippen LogP) is 3.78. The topological polar surface area (TPSA) is 42.7 Å². The van der Waals surface area contributed by atoms with Crippen molar-refractivity contribution in [2.75, 3.05) is 5.32 Å². The molecule has 0 aliphatic carbocycles. The van der Waals surface area contributed by atoms with Crippen molar-refractivity contribution in [2.24, 2.45) is 0 Å². The van der Waals surface area contributed by atoms with Crippen LogP contribution in [0, 0.1) is 5.82 Å². The fourth-order valence-corrected chi connectivity index (χ4v) is 3.34. The van der Waals surface area contributed by atoms with Gasteiger partial charge < -0.3 is 9.88 Å². The van der Waals surface area contributed by atoms with E-state index in [1.807, 2.05) is 0 Å². The number of nitrogens with one attached hydrogen (secondary N) is 1. The van der Waals surface area contributed by atoms with Crippen LogP contribution in [0.15, 0.2) is 16.6 Å². The van der Waals surface area contributed by atoms with Crippen LogP contribution >= 0.6 is 27.5 Å². The number of rotatable bonds is 3. The minimum Gasteiger partial charge on any atom is -0.376 e. The Hall–Kier alpha value is -1.14. The molecule has 1 aromatic carbocycles. The number of benzene rings is 1. The molecule has 0 unspecified atom stereocenters. The van der Waals surface area contributed by atoms with Crippen molar-refractivity contribution in [1.29, 1.82) is 0 Å². The van der Waals surface area contributed by atoms with Gasteiger partial charge in [-0.1, -0.05) is 11.6 Å². The van der Waals surface area contributed by atoms with Crippen LogP contribution < -0.4 is 5.32 Å². The van der Waals surface area contributed by atoms with E-state index in [9.17, 15) is 4.39 Å². The molecule has 7 heteroatoms. The van der Waals surface area contributed by atoms with E-state index in [-0.39, 0.29) is 5.82 Å². The fourth-order valence-electron chi connectivity index (χ4n) is 2.38. The summed E-state index contributed by atoms with van der Waals surface area (Å²) in [5.41, 5.74) is 0.668. The minimum atomic E-state index is -0.368. The number of nitrogens with zero attached hydrogens (tertiary/aromatic N) is 3. The highest BCUT2D eigenvalue weighted by atomic mass is 79.9. The van der Waals surface area contributed by atoms with Gasteiger partial charge >= 0.3 is 0 Å². The second-order valence-electron chi connectivity index (χ2n) is 4.74. The highest BCUT2D eigenvalue weighted by Gasteiger charge is 2.16. The maximum Gasteiger partial charge on any atom is 0.152 e. The second kappa shape index (κ2) is 5.69. The van der Waals surface area contributed by atoms with Crippen LogP contribution in [0.4, 0.5) is 10.1 Å². The number of anilines is 1. The monoisotopic (exact) mass is 358 g/mol. The molecule has 0 spiro atoms. The molecule has 0 atom stereocenters. The summed E-state index contributed by atoms with van der Waals surface area (Å²) in [7, 11) is 0. The van der Waals surface area contributed by atoms with Gasteiger partial charge in [-0.2, -0.15) is 0 Å². The van der Waals surface area contributed by atoms with Gasteiger partial charge in [0.05, 0.1) is 17.3 Å². The van der Waals surface area contributed by atoms with Crippen molar-refractivity contribution in [3.63, 3.8) is 0 Å². The van der Waals surface area contributed by atoms with Gasteiger partial charge in [-0.05, 0) is 40.9 Å². The van der Waals surface area contributed by atoms with Crippen molar-refractivity contribution in [3.8, 4) is 0 Å². The first-order valence-electron chi connectivity index (χ1n) is 6.44. The number of aromatic nitrogens is 3. The van der Waals surface area contributed by atoms with Crippen LogP contribution in [-0.4, -0.2) is 14.8 Å². The van der Waals surface area contributed by atoms with Crippen molar-refractivity contribution in [2.45, 2.75) is 32.4 Å². The van der Waals surface area contributed by atoms with Crippen molar-refractivity contribution < 1.29 is 4.39 Å². The summed E-state index contributed by atoms with van der Waals surface area (Å²) < 4.78 is 15.9. The lowest BCUT2D eigenvalue weighted by Gasteiger charge is -2.16. The molecule has 0 saturated heterocycles. The van der Waals surface area contributed by atoms with Gasteiger partial charge in [0.1, 0.15) is 11.6 Å². The third-order valence-electron chi connectivity index (χ3n) is 3.37. The number of fused-ring (bicyclic) bond motifs is 1. The highest BCUT2D eigenvalue weighted by molar-refractivity contribution is 9.10. The molecule has 0 radical (unpaired) electrons. The number of hydrogen-bond acceptors (Lipinski definition) is 3. The van der Waals surface area contributed by atoms with Gasteiger partial charge in [-0.3, -0.25) is 0 Å². The molecule has 2 aromatic rings. The van der Waals surface area contributed by atoms with Gasteiger partial charge in [0.15, 0.2) is 5.82 Å². The summed E-state index contributed by atoms with van der Waals surface area (Å²) in [4.78, 5) is 0. The molecular weight excluding hydrogens is 347 g/mol. The Morgan fingerprint density at radius 1 is 1.35 bits per heavy atom. The predicted molar refractivity (Wildman–Crippen MR) is 79.4 cm³/mol. The molecule has 0 saturated carbocycles. The van der Waals surface area contributed by atoms with Gasteiger partial charge in [0.2, 0.25) is 0 Å². The summed E-state index contributed by atoms with van der Waals surface area (Å²) in [6.07, 6.45) is 3.30. The van der Waals surface area contributed by atoms with Crippen LogP contribution in [0.1, 0.15) is 24.5 Å². The molecule has 1 aliphatic rings. The molecular formula is C13H13BrClFN4. The Morgan fingerprint density at radius 3 is 3.00 bits per heavy atom. The van der Waals surface area contributed by atoms with Crippen molar-refractivity contribution in [1.82, 2.24) is 14.8 Å². The molecule has 20 heavy (non-hydrogen) atoms. The Bertz CT molecular complexity index is 620. The van der Waals surface area contributed by atoms with E-state index in [1.54, 1.807) is 0 Å². The maximum atomic E-state index is 13.2. The van der Waals surface area contributed by atoms with E-state index in [0.29, 0.717) is 21.7 Å². The zero-order valence-electron chi connectivity index (χ0n) is 10.7. The van der Waals surface area contributed by atoms with Crippen LogP contribution in [-0.2, 0) is 19.5 Å². The molecule has 0 fully saturated rings. The fraction of sp³-hybridized carbons (Fsp3) is 0.385. The second-order valence-corrected chi connectivity index (χ2v) is 6.00. The van der Waals surface area contributed by atoms with Gasteiger partial charge in [0, 0.05) is 17.4 Å². The summed E-state index contributed by atoms with van der Waals surface area (Å²) in [5, 5.41) is 11.9. The van der Waals surface area contributed by atoms with E-state index in [2.05, 4.69) is 36.0 Å². The number of hydrogen-bond donors (Lipinski definition) is 1. The molecule has 0 bridgehead atoms. The molecule has 0 amide bonds. The third kappa shape index (κ3) is 2.67. The van der Waals surface area contributed by atoms with E-state index in [4.69, 9.17) is 11.6 Å². The van der Waals surface area contributed by atoms with E-state index < -0.39 is 0 Å². The quantitative estimate of drug-likeness (QED) is 0.907. The first-order valence-corrected chi connectivity index (χ1v) is 7.61. The van der Waals surface area contributed by atoms with Crippen LogP contribution in [0.2, 0.25) is 5.02 Å². The molecule has 1 aliphatic heterocycles. The van der Waals surface area contributed by atoms with E-state index in [0.717, 1.165) is 31.0 Å². The Labute approximate surface area is 129 Å². The maximum absolute atomic E-state index is 13.2. The lowest BCUT2D eigenvalue weighted by atomic mass is 10.2. The minimum absolute atomic E-state index is 0.343. The standard InChI is InChI=1S/C13H13BrClFN4/c14-9-5-8(16)6-10(15)13(9)17-7-12-19-18-11-3-1-2-4-20(11)12/h5-6,17H,1-4,7H2. The Kier molecular flexibility index (Phi) is 3.94. The summed E-state index contributed by atoms with van der Waals surface area (Å²) in [5.74, 6) is 1.55. The number of aryl methyl sites for hydroxylation is 1. The van der Waals surface area contributed by atoms with Crippen LogP contribution in [0.25, 0.3) is 0 Å². The van der Waals surface area contributed by atoms with Gasteiger partial charge in [-0.25, -0.2) is 4.39 Å². The van der Waals surface area contributed by atoms with E-state index >= 15 is 0 Å². The van der Waals surface area contributed by atoms with Crippen molar-refractivity contribution >= 4 is 33.2 Å². The zero-order chi connectivity index (χ0) is 14.1. The molecule has 2 heterocycles. The largest absolute Gasteiger partial charge is 0.376 e. The Balaban J connectivity index is 1.79. The number of halogens is 3. The normalized spacial score (nSPS) is 14.2. The smallest absolute Gasteiger partial charge is 0.152 e. The lowest BCUT2D eigenvalue weighted by molar-refractivity contribution is 0.510. The average molecular weight is 360 g/mol. The third-order valence-corrected chi connectivity index (χ3v) is 4.29. The summed E-state index contributed by atoms with van der Waals surface area (Å²) >= 11 is 9.35. The van der Waals surface area contributed by atoms with Gasteiger partial charge in [-0.15, -0.1) is 10.2 Å². The zero-order valence-corrected chi connectivity index (χ0v) is 13.0. The SMILES string of the molecule is Fc1cc(Cl)c(NCc2nnc3n2CCCC3)c(Br)c1. The molecule has 106 valence electrons. The molecule has 3 rings (SSSR count). The van der Waals surface area contributed by atoms with Crippen molar-refractivity contribution in [3.05, 3.63) is 39.1 Å². The van der Waals surface area contributed by atoms with Crippen LogP contribution in [0.5, 0.6) is 0 Å². The highest BCUT2D eigenvalue weighted by Crippen LogP contribution is 2.32. The Morgan fingerprint density at radius 2 is 2.20 bits per heavy atom. The first kappa shape index (κ1) is 13.8. The molecule has 1 N–H and O–H groups in total. The molecule has 1 aromatic heterocycles. The first-order chi connectivity index (χ1) is 9.65. The van der Waals surface area contributed by atoms with Crippen LogP contribution in [0.3, 0.4) is 0 Å². The summed E-state index contributed by atoms with van der Waals surface area (Å²) in [6.45, 7) is 1.47. The summed E-state index contributed by atoms with van der Waals surface area (Å²) in [6, 6.07) is 2.67. The average Bonchev–Trinajstić information content (AvgIpc) is 2.81. The molecule has 4 nitrogen and oxygen atoms in total. The van der Waals surface area contributed by atoms with Gasteiger partial charge in [0.25, 0.3) is 0 Å². The lowest BCUT2D eigenvalue weighted by Crippen LogP contribution is -2.15. The van der Waals surface area contributed by atoms with E-state index in [1.165, 1.54) is 18.6 Å².